The molecule has 0 aliphatic heterocycles. The van der Waals surface area contributed by atoms with E-state index in [1.807, 2.05) is 13.8 Å². The van der Waals surface area contributed by atoms with Crippen molar-refractivity contribution in [2.75, 3.05) is 7.11 Å². The van der Waals surface area contributed by atoms with Crippen LogP contribution in [0.4, 0.5) is 13.2 Å². The Kier molecular flexibility index (Phi) is 6.42. The molecular weight excluding hydrogens is 421 g/mol. The number of hydrogen-bond acceptors (Lipinski definition) is 5. The minimum atomic E-state index is -4.57. The molecule has 0 bridgehead atoms. The molecule has 6 nitrogen and oxygen atoms in total. The van der Waals surface area contributed by atoms with Crippen molar-refractivity contribution in [2.45, 2.75) is 39.0 Å². The number of Topliss-reactive ketones (excluding diaryl/α,β-unsaturated/α-hetero) is 1. The number of rotatable bonds is 7. The minimum Gasteiger partial charge on any atom is -0.375 e. The summed E-state index contributed by atoms with van der Waals surface area (Å²) in [5, 5.41) is 4.50. The number of hydrogen-bond donors (Lipinski definition) is 0. The van der Waals surface area contributed by atoms with Gasteiger partial charge in [0.15, 0.2) is 10.8 Å². The van der Waals surface area contributed by atoms with Crippen LogP contribution in [-0.2, 0) is 28.5 Å². The van der Waals surface area contributed by atoms with Crippen molar-refractivity contribution >= 4 is 23.0 Å². The number of fused-ring (bicyclic) bond motifs is 1. The quantitative estimate of drug-likeness (QED) is 0.541. The average Bonchev–Trinajstić information content (AvgIpc) is 3.03. The lowest BCUT2D eigenvalue weighted by Crippen LogP contribution is -2.19. The Morgan fingerprint density at radius 3 is 2.60 bits per heavy atom. The molecule has 30 heavy (non-hydrogen) atoms. The Labute approximate surface area is 176 Å². The van der Waals surface area contributed by atoms with Crippen molar-refractivity contribution in [3.63, 3.8) is 0 Å². The van der Waals surface area contributed by atoms with E-state index in [2.05, 4.69) is 15.1 Å². The van der Waals surface area contributed by atoms with Gasteiger partial charge < -0.3 is 4.74 Å². The SMILES string of the molecule is CO[C@H](c1c(CC(=O)Cc2ccnc(C(F)(F)F)c2)cnc2cc(Cl)nn12)C(C)C. The smallest absolute Gasteiger partial charge is 0.375 e. The topological polar surface area (TPSA) is 69.4 Å². The molecule has 0 fully saturated rings. The lowest BCUT2D eigenvalue weighted by atomic mass is 9.96. The van der Waals surface area contributed by atoms with Crippen molar-refractivity contribution in [2.24, 2.45) is 5.92 Å². The Hall–Kier alpha value is -2.52. The number of halogens is 4. The second-order valence-corrected chi connectivity index (χ2v) is 7.63. The summed E-state index contributed by atoms with van der Waals surface area (Å²) in [4.78, 5) is 20.3. The van der Waals surface area contributed by atoms with Crippen LogP contribution in [0, 0.1) is 5.92 Å². The summed E-state index contributed by atoms with van der Waals surface area (Å²) in [5.41, 5.74) is 0.952. The highest BCUT2D eigenvalue weighted by Crippen LogP contribution is 2.30. The number of ether oxygens (including phenoxy) is 1. The lowest BCUT2D eigenvalue weighted by Gasteiger charge is -2.23. The molecule has 0 aromatic carbocycles. The molecule has 10 heteroatoms. The molecule has 0 spiro atoms. The molecule has 0 N–H and O–H groups in total. The second-order valence-electron chi connectivity index (χ2n) is 7.25. The fourth-order valence-corrected chi connectivity index (χ4v) is 3.51. The third kappa shape index (κ3) is 4.79. The predicted octanol–water partition coefficient (Wildman–Crippen LogP) is 4.49. The third-order valence-electron chi connectivity index (χ3n) is 4.60. The summed E-state index contributed by atoms with van der Waals surface area (Å²) < 4.78 is 45.8. The first-order chi connectivity index (χ1) is 14.1. The Balaban J connectivity index is 1.92. The van der Waals surface area contributed by atoms with Crippen LogP contribution in [0.2, 0.25) is 5.15 Å². The number of pyridine rings is 1. The molecule has 3 aromatic rings. The maximum absolute atomic E-state index is 12.9. The lowest BCUT2D eigenvalue weighted by molar-refractivity contribution is -0.141. The van der Waals surface area contributed by atoms with E-state index in [0.29, 0.717) is 16.9 Å². The monoisotopic (exact) mass is 440 g/mol. The molecule has 3 aromatic heterocycles. The van der Waals surface area contributed by atoms with Crippen LogP contribution in [0.1, 0.15) is 42.5 Å². The molecule has 0 saturated carbocycles. The van der Waals surface area contributed by atoms with E-state index in [9.17, 15) is 18.0 Å². The van der Waals surface area contributed by atoms with Gasteiger partial charge in [0.05, 0.1) is 5.69 Å². The van der Waals surface area contributed by atoms with E-state index in [1.54, 1.807) is 23.9 Å². The van der Waals surface area contributed by atoms with E-state index < -0.39 is 11.9 Å². The van der Waals surface area contributed by atoms with Crippen LogP contribution in [0.15, 0.2) is 30.6 Å². The first-order valence-corrected chi connectivity index (χ1v) is 9.57. The summed E-state index contributed by atoms with van der Waals surface area (Å²) in [6, 6.07) is 3.88. The largest absolute Gasteiger partial charge is 0.433 e. The van der Waals surface area contributed by atoms with Gasteiger partial charge in [-0.3, -0.25) is 9.78 Å². The van der Waals surface area contributed by atoms with Crippen LogP contribution in [0.25, 0.3) is 5.65 Å². The number of methoxy groups -OCH3 is 1. The Bertz CT molecular complexity index is 1070. The van der Waals surface area contributed by atoms with Gasteiger partial charge in [-0.25, -0.2) is 9.50 Å². The van der Waals surface area contributed by atoms with E-state index in [4.69, 9.17) is 16.3 Å². The molecule has 0 aliphatic rings. The molecule has 0 unspecified atom stereocenters. The van der Waals surface area contributed by atoms with Gasteiger partial charge in [-0.1, -0.05) is 25.4 Å². The van der Waals surface area contributed by atoms with Crippen molar-refractivity contribution in [1.29, 1.82) is 0 Å². The zero-order chi connectivity index (χ0) is 22.1. The Morgan fingerprint density at radius 2 is 1.97 bits per heavy atom. The number of nitrogens with zero attached hydrogens (tertiary/aromatic N) is 4. The zero-order valence-corrected chi connectivity index (χ0v) is 17.3. The highest BCUT2D eigenvalue weighted by molar-refractivity contribution is 6.29. The van der Waals surface area contributed by atoms with Gasteiger partial charge in [0.25, 0.3) is 0 Å². The predicted molar refractivity (Wildman–Crippen MR) is 104 cm³/mol. The number of carbonyl (C=O) groups is 1. The van der Waals surface area contributed by atoms with Gasteiger partial charge in [0.2, 0.25) is 0 Å². The molecule has 0 aliphatic carbocycles. The third-order valence-corrected chi connectivity index (χ3v) is 4.79. The van der Waals surface area contributed by atoms with E-state index in [-0.39, 0.29) is 41.4 Å². The highest BCUT2D eigenvalue weighted by Gasteiger charge is 2.32. The molecule has 3 rings (SSSR count). The second kappa shape index (κ2) is 8.69. The number of carbonyl (C=O) groups excluding carboxylic acids is 1. The van der Waals surface area contributed by atoms with Crippen LogP contribution >= 0.6 is 11.6 Å². The molecule has 0 radical (unpaired) electrons. The van der Waals surface area contributed by atoms with Crippen LogP contribution < -0.4 is 0 Å². The van der Waals surface area contributed by atoms with Crippen LogP contribution in [0.3, 0.4) is 0 Å². The van der Waals surface area contributed by atoms with Crippen LogP contribution in [0.5, 0.6) is 0 Å². The highest BCUT2D eigenvalue weighted by atomic mass is 35.5. The normalized spacial score (nSPS) is 13.2. The number of ketones is 1. The van der Waals surface area contributed by atoms with Gasteiger partial charge in [-0.2, -0.15) is 18.3 Å². The standard InChI is InChI=1S/C20H20ClF3N4O2/c1-11(2)19(30-3)18-13(10-26-17-9-16(21)27-28(17)18)8-14(29)6-12-4-5-25-15(7-12)20(22,23)24/h4-5,7,9-11,19H,6,8H2,1-3H3/t19-/m0/s1. The zero-order valence-electron chi connectivity index (χ0n) is 16.6. The van der Waals surface area contributed by atoms with Gasteiger partial charge in [0.1, 0.15) is 17.6 Å². The van der Waals surface area contributed by atoms with Gasteiger partial charge in [-0.05, 0) is 23.6 Å². The molecule has 0 saturated heterocycles. The average molecular weight is 441 g/mol. The van der Waals surface area contributed by atoms with Crippen molar-refractivity contribution in [3.05, 3.63) is 58.3 Å². The van der Waals surface area contributed by atoms with Crippen molar-refractivity contribution < 1.29 is 22.7 Å². The number of alkyl halides is 3. The van der Waals surface area contributed by atoms with Gasteiger partial charge >= 0.3 is 6.18 Å². The van der Waals surface area contributed by atoms with E-state index in [0.717, 1.165) is 12.3 Å². The molecular formula is C20H20ClF3N4O2. The summed E-state index contributed by atoms with van der Waals surface area (Å²) in [6.07, 6.45) is -2.54. The first kappa shape index (κ1) is 22.2. The summed E-state index contributed by atoms with van der Waals surface area (Å²) in [6.45, 7) is 3.93. The summed E-state index contributed by atoms with van der Waals surface area (Å²) in [5.74, 6) is -0.208. The number of aromatic nitrogens is 4. The molecule has 1 atom stereocenters. The minimum absolute atomic E-state index is 0.0357. The molecule has 0 amide bonds. The van der Waals surface area contributed by atoms with Gasteiger partial charge in [-0.15, -0.1) is 0 Å². The maximum Gasteiger partial charge on any atom is 0.433 e. The Morgan fingerprint density at radius 1 is 1.23 bits per heavy atom. The fourth-order valence-electron chi connectivity index (χ4n) is 3.34. The summed E-state index contributed by atoms with van der Waals surface area (Å²) >= 11 is 6.02. The van der Waals surface area contributed by atoms with Gasteiger partial charge in [0, 0.05) is 44.0 Å². The van der Waals surface area contributed by atoms with E-state index >= 15 is 0 Å². The van der Waals surface area contributed by atoms with Crippen LogP contribution in [-0.4, -0.2) is 32.5 Å². The fraction of sp³-hybridized carbons (Fsp3) is 0.400. The van der Waals surface area contributed by atoms with Crippen molar-refractivity contribution in [3.8, 4) is 0 Å². The molecule has 3 heterocycles. The maximum atomic E-state index is 12.9. The molecule has 160 valence electrons. The summed E-state index contributed by atoms with van der Waals surface area (Å²) in [7, 11) is 1.56. The first-order valence-electron chi connectivity index (χ1n) is 9.19. The van der Waals surface area contributed by atoms with E-state index in [1.165, 1.54) is 6.07 Å². The van der Waals surface area contributed by atoms with Crippen molar-refractivity contribution in [1.82, 2.24) is 19.6 Å².